The van der Waals surface area contributed by atoms with Gasteiger partial charge in [-0.2, -0.15) is 0 Å². The molecule has 2 aromatic rings. The van der Waals surface area contributed by atoms with Gasteiger partial charge in [0, 0.05) is 25.4 Å². The molecule has 0 unspecified atom stereocenters. The summed E-state index contributed by atoms with van der Waals surface area (Å²) in [6, 6.07) is 12.2. The molecule has 0 radical (unpaired) electrons. The lowest BCUT2D eigenvalue weighted by molar-refractivity contribution is -0.144. The van der Waals surface area contributed by atoms with Gasteiger partial charge < -0.3 is 34.0 Å². The van der Waals surface area contributed by atoms with Crippen LogP contribution in [0, 0.1) is 5.92 Å². The van der Waals surface area contributed by atoms with E-state index in [1.807, 2.05) is 63.2 Å². The molecule has 11 nitrogen and oxygen atoms in total. The molecule has 11 heteroatoms. The van der Waals surface area contributed by atoms with Crippen molar-refractivity contribution in [3.8, 4) is 22.6 Å². The Morgan fingerprint density at radius 3 is 2.05 bits per heavy atom. The van der Waals surface area contributed by atoms with Crippen molar-refractivity contribution in [3.05, 3.63) is 48.0 Å². The molecule has 3 rings (SSSR count). The van der Waals surface area contributed by atoms with Crippen molar-refractivity contribution >= 4 is 23.7 Å². The molecule has 0 spiro atoms. The van der Waals surface area contributed by atoms with Gasteiger partial charge in [0.1, 0.15) is 36.0 Å². The van der Waals surface area contributed by atoms with E-state index in [-0.39, 0.29) is 18.1 Å². The zero-order valence-electron chi connectivity index (χ0n) is 25.4. The monoisotopic (exact) mass is 583 g/mol. The first kappa shape index (κ1) is 32.2. The number of carbonyl (C=O) groups excluding carboxylic acids is 3. The van der Waals surface area contributed by atoms with Crippen molar-refractivity contribution in [3.63, 3.8) is 0 Å². The molecule has 0 saturated carbocycles. The summed E-state index contributed by atoms with van der Waals surface area (Å²) >= 11 is 0. The Labute approximate surface area is 247 Å². The normalized spacial score (nSPS) is 14.9. The number of hydrogen-bond donors (Lipinski definition) is 1. The standard InChI is InChI=1S/C31H41N3O8/c1-31(2,3)42-30(37)34-17-15-22(16-18-34)27(33-41-7)28(35)32-23(29(36)40-6)19-20-11-13-21(14-12-20)26-24(38-4)9-8-10-25(26)39-5/h8-14,22-23H,15-19H2,1-7H3,(H,32,35)/t23-/m0/s1. The molecular formula is C31H41N3O8. The molecule has 228 valence electrons. The van der Waals surface area contributed by atoms with Crippen molar-refractivity contribution in [1.82, 2.24) is 10.2 Å². The second kappa shape index (κ2) is 14.6. The van der Waals surface area contributed by atoms with Gasteiger partial charge in [0.2, 0.25) is 0 Å². The van der Waals surface area contributed by atoms with E-state index in [9.17, 15) is 14.4 Å². The Morgan fingerprint density at radius 2 is 1.55 bits per heavy atom. The molecule has 2 aromatic carbocycles. The lowest BCUT2D eigenvalue weighted by Gasteiger charge is -2.33. The zero-order valence-corrected chi connectivity index (χ0v) is 25.4. The average molecular weight is 584 g/mol. The van der Waals surface area contributed by atoms with Gasteiger partial charge in [-0.1, -0.05) is 35.5 Å². The molecule has 1 heterocycles. The second-order valence-corrected chi connectivity index (χ2v) is 10.9. The first-order valence-corrected chi connectivity index (χ1v) is 13.8. The number of likely N-dealkylation sites (tertiary alicyclic amines) is 1. The SMILES string of the molecule is CON=C(C(=O)N[C@@H](Cc1ccc(-c2c(OC)cccc2OC)cc1)C(=O)OC)C1CCN(C(=O)OC(C)(C)C)CC1. The third-order valence-corrected chi connectivity index (χ3v) is 6.86. The maximum Gasteiger partial charge on any atom is 0.410 e. The Kier molecular flexibility index (Phi) is 11.2. The zero-order chi connectivity index (χ0) is 30.9. The summed E-state index contributed by atoms with van der Waals surface area (Å²) in [6.07, 6.45) is 0.785. The number of benzene rings is 2. The number of piperidine rings is 1. The van der Waals surface area contributed by atoms with Crippen LogP contribution >= 0.6 is 0 Å². The number of nitrogens with zero attached hydrogens (tertiary/aromatic N) is 2. The predicted octanol–water partition coefficient (Wildman–Crippen LogP) is 4.22. The fraction of sp³-hybridized carbons (Fsp3) is 0.484. The number of methoxy groups -OCH3 is 3. The highest BCUT2D eigenvalue weighted by molar-refractivity contribution is 6.39. The summed E-state index contributed by atoms with van der Waals surface area (Å²) in [5.41, 5.74) is 2.05. The van der Waals surface area contributed by atoms with Crippen molar-refractivity contribution in [2.75, 3.05) is 41.5 Å². The summed E-state index contributed by atoms with van der Waals surface area (Å²) < 4.78 is 21.5. The van der Waals surface area contributed by atoms with E-state index in [2.05, 4.69) is 10.5 Å². The molecule has 1 atom stereocenters. The molecule has 1 aliphatic rings. The van der Waals surface area contributed by atoms with Crippen molar-refractivity contribution in [2.45, 2.75) is 51.7 Å². The van der Waals surface area contributed by atoms with E-state index in [0.29, 0.717) is 37.4 Å². The molecule has 1 saturated heterocycles. The molecule has 0 aliphatic carbocycles. The van der Waals surface area contributed by atoms with Gasteiger partial charge in [-0.3, -0.25) is 4.79 Å². The number of carbonyl (C=O) groups is 3. The Balaban J connectivity index is 1.72. The van der Waals surface area contributed by atoms with E-state index >= 15 is 0 Å². The fourth-order valence-electron chi connectivity index (χ4n) is 4.81. The second-order valence-electron chi connectivity index (χ2n) is 10.9. The molecule has 42 heavy (non-hydrogen) atoms. The Hall–Kier alpha value is -4.28. The number of oxime groups is 1. The minimum absolute atomic E-state index is 0.161. The number of ether oxygens (including phenoxy) is 4. The quantitative estimate of drug-likeness (QED) is 0.250. The first-order valence-electron chi connectivity index (χ1n) is 13.8. The number of amides is 2. The van der Waals surface area contributed by atoms with Gasteiger partial charge in [-0.05, 0) is 56.9 Å². The van der Waals surface area contributed by atoms with Crippen LogP contribution < -0.4 is 14.8 Å². The lowest BCUT2D eigenvalue weighted by Crippen LogP contribution is -2.49. The highest BCUT2D eigenvalue weighted by atomic mass is 16.6. The molecule has 1 fully saturated rings. The summed E-state index contributed by atoms with van der Waals surface area (Å²) in [5, 5.41) is 6.77. The maximum absolute atomic E-state index is 13.4. The van der Waals surface area contributed by atoms with Crippen molar-refractivity contribution in [2.24, 2.45) is 11.1 Å². The van der Waals surface area contributed by atoms with E-state index < -0.39 is 29.6 Å². The Bertz CT molecular complexity index is 1240. The van der Waals surface area contributed by atoms with E-state index in [0.717, 1.165) is 16.7 Å². The maximum atomic E-state index is 13.4. The molecular weight excluding hydrogens is 542 g/mol. The van der Waals surface area contributed by atoms with Gasteiger partial charge in [0.05, 0.1) is 26.9 Å². The number of hydrogen-bond acceptors (Lipinski definition) is 9. The third-order valence-electron chi connectivity index (χ3n) is 6.86. The van der Waals surface area contributed by atoms with E-state index in [4.69, 9.17) is 23.8 Å². The number of rotatable bonds is 10. The topological polar surface area (TPSA) is 125 Å². The van der Waals surface area contributed by atoms with Crippen LogP contribution in [-0.4, -0.2) is 81.8 Å². The van der Waals surface area contributed by atoms with Crippen LogP contribution in [0.25, 0.3) is 11.1 Å². The summed E-state index contributed by atoms with van der Waals surface area (Å²) in [5.74, 6) is -0.0434. The number of esters is 1. The summed E-state index contributed by atoms with van der Waals surface area (Å²) in [4.78, 5) is 45.1. The molecule has 0 bridgehead atoms. The highest BCUT2D eigenvalue weighted by Gasteiger charge is 2.33. The van der Waals surface area contributed by atoms with Gasteiger partial charge in [-0.15, -0.1) is 0 Å². The van der Waals surface area contributed by atoms with Gasteiger partial charge in [-0.25, -0.2) is 9.59 Å². The van der Waals surface area contributed by atoms with Crippen LogP contribution in [0.1, 0.15) is 39.2 Å². The highest BCUT2D eigenvalue weighted by Crippen LogP contribution is 2.38. The van der Waals surface area contributed by atoms with Gasteiger partial charge in [0.15, 0.2) is 0 Å². The predicted molar refractivity (Wildman–Crippen MR) is 158 cm³/mol. The van der Waals surface area contributed by atoms with Crippen molar-refractivity contribution < 1.29 is 38.2 Å². The minimum atomic E-state index is -0.960. The number of nitrogens with one attached hydrogen (secondary N) is 1. The Morgan fingerprint density at radius 1 is 0.952 bits per heavy atom. The van der Waals surface area contributed by atoms with Crippen LogP contribution in [0.4, 0.5) is 4.79 Å². The molecule has 1 aliphatic heterocycles. The first-order chi connectivity index (χ1) is 20.0. The fourth-order valence-corrected chi connectivity index (χ4v) is 4.81. The molecule has 0 aromatic heterocycles. The lowest BCUT2D eigenvalue weighted by atomic mass is 9.91. The van der Waals surface area contributed by atoms with Gasteiger partial charge in [0.25, 0.3) is 5.91 Å². The van der Waals surface area contributed by atoms with E-state index in [1.165, 1.54) is 14.2 Å². The van der Waals surface area contributed by atoms with E-state index in [1.54, 1.807) is 19.1 Å². The summed E-state index contributed by atoms with van der Waals surface area (Å²) in [6.45, 7) is 6.25. The van der Waals surface area contributed by atoms with Crippen LogP contribution in [0.2, 0.25) is 0 Å². The molecule has 2 amide bonds. The average Bonchev–Trinajstić information content (AvgIpc) is 2.98. The van der Waals surface area contributed by atoms with Gasteiger partial charge >= 0.3 is 12.1 Å². The van der Waals surface area contributed by atoms with Crippen LogP contribution in [0.3, 0.4) is 0 Å². The largest absolute Gasteiger partial charge is 0.496 e. The summed E-state index contributed by atoms with van der Waals surface area (Å²) in [7, 11) is 5.83. The molecule has 1 N–H and O–H groups in total. The van der Waals surface area contributed by atoms with Crippen LogP contribution in [0.15, 0.2) is 47.6 Å². The third kappa shape index (κ3) is 8.37. The minimum Gasteiger partial charge on any atom is -0.496 e. The van der Waals surface area contributed by atoms with Crippen LogP contribution in [0.5, 0.6) is 11.5 Å². The smallest absolute Gasteiger partial charge is 0.410 e. The van der Waals surface area contributed by atoms with Crippen molar-refractivity contribution in [1.29, 1.82) is 0 Å². The van der Waals surface area contributed by atoms with Crippen LogP contribution in [-0.2, 0) is 30.3 Å².